The molecule has 4 nitrogen and oxygen atoms in total. The van der Waals surface area contributed by atoms with Crippen molar-refractivity contribution < 1.29 is 0 Å². The number of thiazole rings is 1. The molecule has 0 aliphatic carbocycles. The molecule has 0 aliphatic heterocycles. The van der Waals surface area contributed by atoms with Crippen molar-refractivity contribution in [3.63, 3.8) is 0 Å². The van der Waals surface area contributed by atoms with Crippen LogP contribution in [0.4, 0.5) is 5.82 Å². The predicted molar refractivity (Wildman–Crippen MR) is 117 cm³/mol. The molecule has 0 radical (unpaired) electrons. The number of aromatic nitrogens is 3. The first-order chi connectivity index (χ1) is 13.0. The summed E-state index contributed by atoms with van der Waals surface area (Å²) in [6.45, 7) is 7.02. The first kappa shape index (κ1) is 21.1. The molecule has 0 aliphatic rings. The Labute approximate surface area is 173 Å². The number of hydrogen-bond donors (Lipinski definition) is 1. The van der Waals surface area contributed by atoms with Gasteiger partial charge < -0.3 is 5.73 Å². The van der Waals surface area contributed by atoms with Crippen LogP contribution in [-0.4, -0.2) is 15.0 Å². The van der Waals surface area contributed by atoms with Crippen molar-refractivity contribution in [2.45, 2.75) is 20.3 Å². The molecule has 0 aromatic carbocycles. The zero-order chi connectivity index (χ0) is 19.8. The average molecular weight is 419 g/mol. The van der Waals surface area contributed by atoms with E-state index in [0.29, 0.717) is 22.3 Å². The van der Waals surface area contributed by atoms with Crippen molar-refractivity contribution in [3.05, 3.63) is 69.9 Å². The maximum atomic E-state index is 6.20. The van der Waals surface area contributed by atoms with E-state index >= 15 is 0 Å². The standard InChI is InChI=1S/C17H14Cl2N4S.C3H6/c1-10(18)14(19)6-15-16(23-9-24-15)13-5-12(8-22-17(13)20)11-3-2-4-21-7-11;1-3-2/h2-5,7-9H,6H2,1H3,(H2,20,22);3H,1H2,2H3/b14-10-;. The third-order valence-electron chi connectivity index (χ3n) is 3.50. The maximum Gasteiger partial charge on any atom is 0.132 e. The van der Waals surface area contributed by atoms with Gasteiger partial charge in [-0.1, -0.05) is 35.3 Å². The average Bonchev–Trinajstić information content (AvgIpc) is 3.11. The Morgan fingerprint density at radius 1 is 1.26 bits per heavy atom. The summed E-state index contributed by atoms with van der Waals surface area (Å²) in [7, 11) is 0. The Balaban J connectivity index is 0.000000817. The van der Waals surface area contributed by atoms with Crippen LogP contribution in [0.25, 0.3) is 22.4 Å². The summed E-state index contributed by atoms with van der Waals surface area (Å²) in [6.07, 6.45) is 7.52. The molecule has 3 rings (SSSR count). The number of nitrogens with zero attached hydrogens (tertiary/aromatic N) is 3. The molecule has 140 valence electrons. The van der Waals surface area contributed by atoms with E-state index in [2.05, 4.69) is 21.5 Å². The van der Waals surface area contributed by atoms with Gasteiger partial charge in [0, 0.05) is 56.6 Å². The molecule has 0 atom stereocenters. The van der Waals surface area contributed by atoms with E-state index in [4.69, 9.17) is 28.9 Å². The van der Waals surface area contributed by atoms with Crippen LogP contribution in [0.1, 0.15) is 18.7 Å². The van der Waals surface area contributed by atoms with Crippen LogP contribution < -0.4 is 5.73 Å². The minimum atomic E-state index is 0.428. The molecule has 27 heavy (non-hydrogen) atoms. The Hall–Kier alpha value is -2.21. The van der Waals surface area contributed by atoms with Gasteiger partial charge in [0.25, 0.3) is 0 Å². The summed E-state index contributed by atoms with van der Waals surface area (Å²) in [4.78, 5) is 13.9. The Morgan fingerprint density at radius 2 is 2.00 bits per heavy atom. The van der Waals surface area contributed by atoms with Gasteiger partial charge in [-0.05, 0) is 26.0 Å². The number of rotatable bonds is 4. The van der Waals surface area contributed by atoms with Crippen molar-refractivity contribution in [3.8, 4) is 22.4 Å². The van der Waals surface area contributed by atoms with Gasteiger partial charge in [0.1, 0.15) is 5.82 Å². The van der Waals surface area contributed by atoms with Gasteiger partial charge in [-0.15, -0.1) is 17.9 Å². The highest BCUT2D eigenvalue weighted by atomic mass is 35.5. The number of halogens is 2. The number of nitrogens with two attached hydrogens (primary N) is 1. The summed E-state index contributed by atoms with van der Waals surface area (Å²) in [5.41, 5.74) is 11.3. The van der Waals surface area contributed by atoms with Gasteiger partial charge in [-0.3, -0.25) is 4.98 Å². The Morgan fingerprint density at radius 3 is 2.63 bits per heavy atom. The number of nitrogen functional groups attached to an aromatic ring is 1. The van der Waals surface area contributed by atoms with Crippen LogP contribution >= 0.6 is 34.5 Å². The van der Waals surface area contributed by atoms with E-state index in [9.17, 15) is 0 Å². The van der Waals surface area contributed by atoms with Gasteiger partial charge in [0.15, 0.2) is 0 Å². The van der Waals surface area contributed by atoms with Gasteiger partial charge in [0.2, 0.25) is 0 Å². The van der Waals surface area contributed by atoms with Crippen molar-refractivity contribution in [1.29, 1.82) is 0 Å². The lowest BCUT2D eigenvalue weighted by Crippen LogP contribution is -1.97. The molecule has 3 aromatic rings. The topological polar surface area (TPSA) is 64.7 Å². The van der Waals surface area contributed by atoms with Crippen LogP contribution in [-0.2, 0) is 6.42 Å². The number of pyridine rings is 2. The molecule has 7 heteroatoms. The second-order valence-electron chi connectivity index (χ2n) is 5.55. The molecule has 0 spiro atoms. The number of allylic oxidation sites excluding steroid dienone is 3. The quantitative estimate of drug-likeness (QED) is 0.505. The van der Waals surface area contributed by atoms with Crippen LogP contribution in [0.3, 0.4) is 0 Å². The first-order valence-electron chi connectivity index (χ1n) is 8.14. The molecule has 0 unspecified atom stereocenters. The second-order valence-corrected chi connectivity index (χ2v) is 7.51. The van der Waals surface area contributed by atoms with E-state index in [0.717, 1.165) is 27.3 Å². The molecular weight excluding hydrogens is 399 g/mol. The molecular formula is C20H20Cl2N4S. The summed E-state index contributed by atoms with van der Waals surface area (Å²) in [5, 5.41) is 1.17. The normalized spacial score (nSPS) is 11.3. The highest BCUT2D eigenvalue weighted by molar-refractivity contribution is 7.10. The lowest BCUT2D eigenvalue weighted by Gasteiger charge is -2.08. The summed E-state index contributed by atoms with van der Waals surface area (Å²) >= 11 is 13.7. The fourth-order valence-electron chi connectivity index (χ4n) is 2.23. The van der Waals surface area contributed by atoms with Crippen LogP contribution in [0, 0.1) is 0 Å². The van der Waals surface area contributed by atoms with Crippen molar-refractivity contribution in [2.24, 2.45) is 0 Å². The molecule has 0 amide bonds. The Bertz CT molecular complexity index is 932. The molecule has 3 aromatic heterocycles. The van der Waals surface area contributed by atoms with E-state index in [-0.39, 0.29) is 0 Å². The lowest BCUT2D eigenvalue weighted by molar-refractivity contribution is 1.24. The van der Waals surface area contributed by atoms with E-state index < -0.39 is 0 Å². The fraction of sp³-hybridized carbons (Fsp3) is 0.150. The highest BCUT2D eigenvalue weighted by Gasteiger charge is 2.15. The number of anilines is 1. The summed E-state index contributed by atoms with van der Waals surface area (Å²) in [6, 6.07) is 5.83. The van der Waals surface area contributed by atoms with Gasteiger partial charge in [-0.25, -0.2) is 9.97 Å². The molecule has 0 fully saturated rings. The van der Waals surface area contributed by atoms with E-state index in [1.165, 1.54) is 11.3 Å². The molecule has 0 saturated carbocycles. The van der Waals surface area contributed by atoms with Crippen LogP contribution in [0.5, 0.6) is 0 Å². The predicted octanol–water partition coefficient (Wildman–Crippen LogP) is 6.29. The second kappa shape index (κ2) is 10.2. The monoisotopic (exact) mass is 418 g/mol. The zero-order valence-corrected chi connectivity index (χ0v) is 17.4. The lowest BCUT2D eigenvalue weighted by atomic mass is 10.0. The minimum absolute atomic E-state index is 0.428. The van der Waals surface area contributed by atoms with E-state index in [1.54, 1.807) is 37.1 Å². The largest absolute Gasteiger partial charge is 0.383 e. The van der Waals surface area contributed by atoms with Crippen molar-refractivity contribution in [1.82, 2.24) is 15.0 Å². The van der Waals surface area contributed by atoms with Crippen LogP contribution in [0.2, 0.25) is 0 Å². The van der Waals surface area contributed by atoms with E-state index in [1.807, 2.05) is 25.1 Å². The third kappa shape index (κ3) is 5.63. The summed E-state index contributed by atoms with van der Waals surface area (Å²) in [5.74, 6) is 0.428. The van der Waals surface area contributed by atoms with Gasteiger partial charge in [0.05, 0.1) is 11.2 Å². The smallest absolute Gasteiger partial charge is 0.132 e. The summed E-state index contributed by atoms with van der Waals surface area (Å²) < 4.78 is 0. The molecule has 0 saturated heterocycles. The van der Waals surface area contributed by atoms with Gasteiger partial charge >= 0.3 is 0 Å². The maximum absolute atomic E-state index is 6.20. The fourth-order valence-corrected chi connectivity index (χ4v) is 3.30. The third-order valence-corrected chi connectivity index (χ3v) is 5.07. The first-order valence-corrected chi connectivity index (χ1v) is 9.77. The van der Waals surface area contributed by atoms with Crippen molar-refractivity contribution in [2.75, 3.05) is 5.73 Å². The van der Waals surface area contributed by atoms with Gasteiger partial charge in [-0.2, -0.15) is 0 Å². The molecule has 3 heterocycles. The molecule has 0 bridgehead atoms. The van der Waals surface area contributed by atoms with Crippen molar-refractivity contribution >= 4 is 40.4 Å². The SMILES string of the molecule is C/C(Cl)=C(/Cl)Cc1scnc1-c1cc(-c2cccnc2)cnc1N.C=CC. The van der Waals surface area contributed by atoms with Crippen LogP contribution in [0.15, 0.2) is 65.0 Å². The zero-order valence-electron chi connectivity index (χ0n) is 15.1. The highest BCUT2D eigenvalue weighted by Crippen LogP contribution is 2.34. The number of hydrogen-bond acceptors (Lipinski definition) is 5. The minimum Gasteiger partial charge on any atom is -0.383 e. The Kier molecular flexibility index (Phi) is 7.98. The molecule has 2 N–H and O–H groups in total.